The van der Waals surface area contributed by atoms with Crippen LogP contribution in [0.1, 0.15) is 25.6 Å². The molecule has 1 aromatic heterocycles. The summed E-state index contributed by atoms with van der Waals surface area (Å²) in [7, 11) is 0. The van der Waals surface area contributed by atoms with Crippen molar-refractivity contribution in [2.24, 2.45) is 5.41 Å². The fraction of sp³-hybridized carbons (Fsp3) is 0.643. The Morgan fingerprint density at radius 3 is 2.81 bits per heavy atom. The molecule has 2 amide bonds. The van der Waals surface area contributed by atoms with Crippen molar-refractivity contribution in [3.63, 3.8) is 0 Å². The Bertz CT molecular complexity index is 570. The van der Waals surface area contributed by atoms with Gasteiger partial charge in [0.05, 0.1) is 12.0 Å². The predicted molar refractivity (Wildman–Crippen MR) is 74.6 cm³/mol. The summed E-state index contributed by atoms with van der Waals surface area (Å²) in [6, 6.07) is -0.0687. The maximum Gasteiger partial charge on any atom is 0.320 e. The minimum atomic E-state index is -0.797. The van der Waals surface area contributed by atoms with E-state index in [-0.39, 0.29) is 6.03 Å². The topological polar surface area (TPSA) is 78.7 Å². The van der Waals surface area contributed by atoms with Gasteiger partial charge in [-0.1, -0.05) is 6.92 Å². The van der Waals surface area contributed by atoms with E-state index in [0.29, 0.717) is 39.0 Å². The van der Waals surface area contributed by atoms with Gasteiger partial charge in [0, 0.05) is 38.6 Å². The van der Waals surface area contributed by atoms with Crippen molar-refractivity contribution in [1.82, 2.24) is 19.4 Å². The zero-order valence-corrected chi connectivity index (χ0v) is 12.2. The molecule has 0 spiro atoms. The van der Waals surface area contributed by atoms with E-state index in [2.05, 4.69) is 4.98 Å². The number of imidazole rings is 1. The van der Waals surface area contributed by atoms with Crippen LogP contribution in [0.5, 0.6) is 0 Å². The predicted octanol–water partition coefficient (Wildman–Crippen LogP) is 1.01. The first kappa shape index (κ1) is 13.9. The summed E-state index contributed by atoms with van der Waals surface area (Å²) < 4.78 is 2.04. The highest BCUT2D eigenvalue weighted by molar-refractivity contribution is 5.79. The molecule has 0 aliphatic carbocycles. The van der Waals surface area contributed by atoms with Crippen molar-refractivity contribution in [3.8, 4) is 0 Å². The number of carboxylic acids is 1. The van der Waals surface area contributed by atoms with Gasteiger partial charge in [-0.2, -0.15) is 0 Å². The Kier molecular flexibility index (Phi) is 3.35. The van der Waals surface area contributed by atoms with Crippen LogP contribution in [-0.2, 0) is 17.9 Å². The molecule has 3 heterocycles. The van der Waals surface area contributed by atoms with Gasteiger partial charge in [-0.05, 0) is 12.8 Å². The normalized spacial score (nSPS) is 25.0. The summed E-state index contributed by atoms with van der Waals surface area (Å²) in [5.74, 6) is 0.0864. The van der Waals surface area contributed by atoms with Crippen molar-refractivity contribution in [2.75, 3.05) is 19.6 Å². The summed E-state index contributed by atoms with van der Waals surface area (Å²) in [6.07, 6.45) is 4.74. The maximum absolute atomic E-state index is 12.6. The van der Waals surface area contributed by atoms with Gasteiger partial charge < -0.3 is 19.5 Å². The molecule has 114 valence electrons. The number of carbonyl (C=O) groups is 2. The summed E-state index contributed by atoms with van der Waals surface area (Å²) in [6.45, 7) is 4.58. The third-order valence-electron chi connectivity index (χ3n) is 4.77. The second-order valence-corrected chi connectivity index (χ2v) is 5.85. The number of fused-ring (bicyclic) bond motifs is 1. The van der Waals surface area contributed by atoms with Crippen LogP contribution in [0.15, 0.2) is 12.4 Å². The van der Waals surface area contributed by atoms with Gasteiger partial charge in [0.2, 0.25) is 0 Å². The molecule has 1 unspecified atom stereocenters. The summed E-state index contributed by atoms with van der Waals surface area (Å²) in [5.41, 5.74) is -0.774. The number of hydrogen-bond donors (Lipinski definition) is 1. The fourth-order valence-electron chi connectivity index (χ4n) is 3.19. The molecule has 7 nitrogen and oxygen atoms in total. The Labute approximate surface area is 123 Å². The van der Waals surface area contributed by atoms with E-state index in [4.69, 9.17) is 0 Å². The molecule has 7 heteroatoms. The molecule has 3 rings (SSSR count). The van der Waals surface area contributed by atoms with Crippen LogP contribution < -0.4 is 0 Å². The molecule has 1 N–H and O–H groups in total. The van der Waals surface area contributed by atoms with Crippen molar-refractivity contribution >= 4 is 12.0 Å². The number of carboxylic acid groups (broad SMARTS) is 1. The maximum atomic E-state index is 12.6. The second kappa shape index (κ2) is 5.05. The average Bonchev–Trinajstić information content (AvgIpc) is 3.13. The Hall–Kier alpha value is -2.05. The van der Waals surface area contributed by atoms with Gasteiger partial charge in [0.1, 0.15) is 5.82 Å². The molecule has 21 heavy (non-hydrogen) atoms. The smallest absolute Gasteiger partial charge is 0.320 e. The van der Waals surface area contributed by atoms with Crippen LogP contribution in [0.4, 0.5) is 4.79 Å². The molecular formula is C14H20N4O3. The molecule has 0 bridgehead atoms. The lowest BCUT2D eigenvalue weighted by Gasteiger charge is -2.32. The van der Waals surface area contributed by atoms with Crippen molar-refractivity contribution in [2.45, 2.75) is 32.9 Å². The van der Waals surface area contributed by atoms with E-state index >= 15 is 0 Å². The van der Waals surface area contributed by atoms with E-state index in [9.17, 15) is 14.7 Å². The monoisotopic (exact) mass is 292 g/mol. The minimum Gasteiger partial charge on any atom is -0.481 e. The first-order valence-electron chi connectivity index (χ1n) is 7.33. The number of carbonyl (C=O) groups excluding carboxylic acids is 1. The summed E-state index contributed by atoms with van der Waals surface area (Å²) in [5, 5.41) is 9.41. The highest BCUT2D eigenvalue weighted by atomic mass is 16.4. The molecule has 1 fully saturated rings. The van der Waals surface area contributed by atoms with Gasteiger partial charge in [-0.3, -0.25) is 4.79 Å². The number of likely N-dealkylation sites (tertiary alicyclic amines) is 1. The lowest BCUT2D eigenvalue weighted by molar-refractivity contribution is -0.148. The van der Waals surface area contributed by atoms with E-state index in [1.807, 2.05) is 17.7 Å². The van der Waals surface area contributed by atoms with Crippen LogP contribution in [0, 0.1) is 5.41 Å². The van der Waals surface area contributed by atoms with Crippen LogP contribution in [0.3, 0.4) is 0 Å². The van der Waals surface area contributed by atoms with E-state index in [1.54, 1.807) is 16.0 Å². The average molecular weight is 292 g/mol. The largest absolute Gasteiger partial charge is 0.481 e. The Morgan fingerprint density at radius 1 is 1.33 bits per heavy atom. The molecule has 2 aliphatic heterocycles. The summed E-state index contributed by atoms with van der Waals surface area (Å²) in [4.78, 5) is 31.7. The third kappa shape index (κ3) is 2.26. The number of urea groups is 1. The van der Waals surface area contributed by atoms with Crippen molar-refractivity contribution in [1.29, 1.82) is 0 Å². The molecule has 1 atom stereocenters. The van der Waals surface area contributed by atoms with Crippen LogP contribution in [0.25, 0.3) is 0 Å². The number of aromatic nitrogens is 2. The molecule has 0 saturated carbocycles. The second-order valence-electron chi connectivity index (χ2n) is 5.85. The molecule has 1 saturated heterocycles. The highest BCUT2D eigenvalue weighted by Gasteiger charge is 2.45. The first-order chi connectivity index (χ1) is 10.1. The highest BCUT2D eigenvalue weighted by Crippen LogP contribution is 2.34. The number of aliphatic carboxylic acids is 1. The van der Waals surface area contributed by atoms with Crippen molar-refractivity contribution in [3.05, 3.63) is 18.2 Å². The molecule has 1 aromatic rings. The standard InChI is InChI=1S/C14H20N4O3/c1-2-14(12(19)20)3-5-18(10-14)13(21)17-8-7-16-6-4-15-11(16)9-17/h4,6H,2-3,5,7-10H2,1H3,(H,19,20). The SMILES string of the molecule is CCC1(C(=O)O)CCN(C(=O)N2CCn3ccnc3C2)C1. The number of rotatable bonds is 2. The number of amides is 2. The van der Waals surface area contributed by atoms with Crippen LogP contribution in [0.2, 0.25) is 0 Å². The summed E-state index contributed by atoms with van der Waals surface area (Å²) >= 11 is 0. The van der Waals surface area contributed by atoms with Crippen LogP contribution in [-0.4, -0.2) is 56.1 Å². The van der Waals surface area contributed by atoms with E-state index in [0.717, 1.165) is 12.4 Å². The van der Waals surface area contributed by atoms with Gasteiger partial charge in [0.25, 0.3) is 0 Å². The zero-order valence-electron chi connectivity index (χ0n) is 12.2. The first-order valence-corrected chi connectivity index (χ1v) is 7.33. The Balaban J connectivity index is 1.69. The molecular weight excluding hydrogens is 272 g/mol. The molecule has 2 aliphatic rings. The number of hydrogen-bond acceptors (Lipinski definition) is 3. The lowest BCUT2D eigenvalue weighted by atomic mass is 9.84. The van der Waals surface area contributed by atoms with Gasteiger partial charge in [-0.25, -0.2) is 9.78 Å². The zero-order chi connectivity index (χ0) is 15.0. The van der Waals surface area contributed by atoms with Gasteiger partial charge in [-0.15, -0.1) is 0 Å². The lowest BCUT2D eigenvalue weighted by Crippen LogP contribution is -2.46. The minimum absolute atomic E-state index is 0.0687. The van der Waals surface area contributed by atoms with Gasteiger partial charge >= 0.3 is 12.0 Å². The quantitative estimate of drug-likeness (QED) is 0.882. The third-order valence-corrected chi connectivity index (χ3v) is 4.77. The van der Waals surface area contributed by atoms with Crippen LogP contribution >= 0.6 is 0 Å². The van der Waals surface area contributed by atoms with E-state index < -0.39 is 11.4 Å². The molecule has 0 aromatic carbocycles. The fourth-order valence-corrected chi connectivity index (χ4v) is 3.19. The molecule has 0 radical (unpaired) electrons. The Morgan fingerprint density at radius 2 is 2.14 bits per heavy atom. The number of nitrogens with zero attached hydrogens (tertiary/aromatic N) is 4. The van der Waals surface area contributed by atoms with E-state index in [1.165, 1.54) is 0 Å². The van der Waals surface area contributed by atoms with Crippen molar-refractivity contribution < 1.29 is 14.7 Å². The van der Waals surface area contributed by atoms with Gasteiger partial charge in [0.15, 0.2) is 0 Å².